The number of nitrogens with zero attached hydrogens (tertiary/aromatic N) is 1. The lowest BCUT2D eigenvalue weighted by atomic mass is 10.0. The first kappa shape index (κ1) is 15.8. The molecule has 1 aromatic rings. The quantitative estimate of drug-likeness (QED) is 0.900. The van der Waals surface area contributed by atoms with Crippen molar-refractivity contribution in [1.29, 1.82) is 0 Å². The molecule has 2 amide bonds. The van der Waals surface area contributed by atoms with E-state index in [0.29, 0.717) is 17.7 Å². The molecular weight excluding hydrogens is 271 g/mol. The summed E-state index contributed by atoms with van der Waals surface area (Å²) in [4.78, 5) is 13.9. The fourth-order valence-electron chi connectivity index (χ4n) is 2.87. The number of nitrogens with one attached hydrogen (secondary N) is 1. The van der Waals surface area contributed by atoms with E-state index in [1.54, 1.807) is 30.9 Å². The van der Waals surface area contributed by atoms with E-state index in [1.807, 2.05) is 6.92 Å². The van der Waals surface area contributed by atoms with Crippen molar-refractivity contribution in [2.24, 2.45) is 0 Å². The van der Waals surface area contributed by atoms with Gasteiger partial charge in [-0.3, -0.25) is 0 Å². The molecule has 0 aromatic heterocycles. The Kier molecular flexibility index (Phi) is 4.83. The number of aliphatic hydroxyl groups is 1. The molecule has 1 heterocycles. The third-order valence-electron chi connectivity index (χ3n) is 4.15. The van der Waals surface area contributed by atoms with Crippen molar-refractivity contribution in [3.05, 3.63) is 34.6 Å². The van der Waals surface area contributed by atoms with Gasteiger partial charge in [0.15, 0.2) is 0 Å². The number of carbonyl (C=O) groups is 1. The van der Waals surface area contributed by atoms with Crippen molar-refractivity contribution in [1.82, 2.24) is 10.2 Å². The fourth-order valence-corrected chi connectivity index (χ4v) is 2.87. The van der Waals surface area contributed by atoms with E-state index in [4.69, 9.17) is 0 Å². The summed E-state index contributed by atoms with van der Waals surface area (Å²) in [6.07, 6.45) is 1.76. The Morgan fingerprint density at radius 2 is 2.10 bits per heavy atom. The maximum absolute atomic E-state index is 13.7. The zero-order valence-corrected chi connectivity index (χ0v) is 12.8. The normalized spacial score (nSPS) is 19.7. The van der Waals surface area contributed by atoms with Crippen molar-refractivity contribution in [2.75, 3.05) is 13.2 Å². The fraction of sp³-hybridized carbons (Fsp3) is 0.562. The van der Waals surface area contributed by atoms with Crippen LogP contribution in [0.2, 0.25) is 0 Å². The molecule has 116 valence electrons. The van der Waals surface area contributed by atoms with Gasteiger partial charge in [-0.25, -0.2) is 9.18 Å². The van der Waals surface area contributed by atoms with Gasteiger partial charge in [-0.15, -0.1) is 0 Å². The lowest BCUT2D eigenvalue weighted by Gasteiger charge is -2.26. The summed E-state index contributed by atoms with van der Waals surface area (Å²) in [6, 6.07) is 3.07. The van der Waals surface area contributed by atoms with E-state index in [-0.39, 0.29) is 30.5 Å². The number of likely N-dealkylation sites (tertiary alicyclic amines) is 1. The second kappa shape index (κ2) is 6.43. The van der Waals surface area contributed by atoms with Crippen molar-refractivity contribution >= 4 is 6.03 Å². The topological polar surface area (TPSA) is 52.6 Å². The summed E-state index contributed by atoms with van der Waals surface area (Å²) in [5.74, 6) is -0.197. The summed E-state index contributed by atoms with van der Waals surface area (Å²) < 4.78 is 13.7. The van der Waals surface area contributed by atoms with Gasteiger partial charge in [0.25, 0.3) is 0 Å². The molecular formula is C16H23FN2O2. The molecule has 1 aromatic carbocycles. The zero-order valence-electron chi connectivity index (χ0n) is 12.8. The van der Waals surface area contributed by atoms with Crippen LogP contribution in [0.5, 0.6) is 0 Å². The van der Waals surface area contributed by atoms with Crippen LogP contribution < -0.4 is 5.32 Å². The second-order valence-electron chi connectivity index (χ2n) is 5.81. The first-order chi connectivity index (χ1) is 9.93. The van der Waals surface area contributed by atoms with Crippen molar-refractivity contribution in [3.63, 3.8) is 0 Å². The molecule has 5 heteroatoms. The van der Waals surface area contributed by atoms with Crippen molar-refractivity contribution in [3.8, 4) is 0 Å². The standard InChI is InChI=1S/C16H23FN2O2/c1-10-7-13(8-11(2)15(10)17)12(3)18-16(21)19-6-4-5-14(19)9-20/h7-8,12,14,20H,4-6,9H2,1-3H3,(H,18,21)/t12?,14-/m1/s1. The van der Waals surface area contributed by atoms with Gasteiger partial charge in [0.1, 0.15) is 5.82 Å². The highest BCUT2D eigenvalue weighted by Crippen LogP contribution is 2.22. The first-order valence-electron chi connectivity index (χ1n) is 7.38. The van der Waals surface area contributed by atoms with Gasteiger partial charge in [-0.2, -0.15) is 0 Å². The minimum absolute atomic E-state index is 0.00341. The Labute approximate surface area is 125 Å². The summed E-state index contributed by atoms with van der Waals surface area (Å²) in [5, 5.41) is 12.2. The summed E-state index contributed by atoms with van der Waals surface area (Å²) in [5.41, 5.74) is 2.06. The Morgan fingerprint density at radius 3 is 2.67 bits per heavy atom. The molecule has 1 unspecified atom stereocenters. The van der Waals surface area contributed by atoms with Gasteiger partial charge in [-0.1, -0.05) is 12.1 Å². The number of halogens is 1. The van der Waals surface area contributed by atoms with Crippen molar-refractivity contribution < 1.29 is 14.3 Å². The molecule has 2 atom stereocenters. The largest absolute Gasteiger partial charge is 0.394 e. The number of amides is 2. The van der Waals surface area contributed by atoms with E-state index >= 15 is 0 Å². The number of aryl methyl sites for hydroxylation is 2. The minimum atomic E-state index is -0.199. The molecule has 0 spiro atoms. The molecule has 1 fully saturated rings. The van der Waals surface area contributed by atoms with Crippen LogP contribution in [-0.4, -0.2) is 35.2 Å². The van der Waals surface area contributed by atoms with Gasteiger partial charge in [-0.05, 0) is 50.3 Å². The minimum Gasteiger partial charge on any atom is -0.394 e. The number of aliphatic hydroxyl groups excluding tert-OH is 1. The summed E-state index contributed by atoms with van der Waals surface area (Å²) >= 11 is 0. The van der Waals surface area contributed by atoms with Gasteiger partial charge in [0, 0.05) is 6.54 Å². The van der Waals surface area contributed by atoms with E-state index in [2.05, 4.69) is 5.32 Å². The average molecular weight is 294 g/mol. The second-order valence-corrected chi connectivity index (χ2v) is 5.81. The van der Waals surface area contributed by atoms with Gasteiger partial charge in [0.2, 0.25) is 0 Å². The number of rotatable bonds is 3. The monoisotopic (exact) mass is 294 g/mol. The predicted octanol–water partition coefficient (Wildman–Crippen LogP) is 2.67. The maximum Gasteiger partial charge on any atom is 0.318 e. The first-order valence-corrected chi connectivity index (χ1v) is 7.38. The van der Waals surface area contributed by atoms with E-state index in [1.165, 1.54) is 0 Å². The molecule has 2 rings (SSSR count). The Morgan fingerprint density at radius 1 is 1.48 bits per heavy atom. The molecule has 4 nitrogen and oxygen atoms in total. The number of hydrogen-bond donors (Lipinski definition) is 2. The molecule has 0 bridgehead atoms. The maximum atomic E-state index is 13.7. The van der Waals surface area contributed by atoms with Crippen LogP contribution in [0.15, 0.2) is 12.1 Å². The van der Waals surface area contributed by atoms with Gasteiger partial charge < -0.3 is 15.3 Å². The average Bonchev–Trinajstić information content (AvgIpc) is 2.92. The van der Waals surface area contributed by atoms with E-state index in [9.17, 15) is 14.3 Å². The number of urea groups is 1. The highest BCUT2D eigenvalue weighted by Gasteiger charge is 2.28. The van der Waals surface area contributed by atoms with Crippen LogP contribution in [-0.2, 0) is 0 Å². The van der Waals surface area contributed by atoms with Gasteiger partial charge in [0.05, 0.1) is 18.7 Å². The molecule has 21 heavy (non-hydrogen) atoms. The SMILES string of the molecule is Cc1cc(C(C)NC(=O)N2CCC[C@@H]2CO)cc(C)c1F. The van der Waals surface area contributed by atoms with Crippen molar-refractivity contribution in [2.45, 2.75) is 45.7 Å². The van der Waals surface area contributed by atoms with Crippen LogP contribution in [0.4, 0.5) is 9.18 Å². The molecule has 2 N–H and O–H groups in total. The number of carbonyl (C=O) groups excluding carboxylic acids is 1. The number of hydrogen-bond acceptors (Lipinski definition) is 2. The van der Waals surface area contributed by atoms with Crippen LogP contribution in [0.25, 0.3) is 0 Å². The summed E-state index contributed by atoms with van der Waals surface area (Å²) in [6.45, 7) is 6.00. The zero-order chi connectivity index (χ0) is 15.6. The Bertz CT molecular complexity index is 510. The van der Waals surface area contributed by atoms with Crippen LogP contribution in [0.3, 0.4) is 0 Å². The highest BCUT2D eigenvalue weighted by molar-refractivity contribution is 5.75. The van der Waals surface area contributed by atoms with E-state index < -0.39 is 0 Å². The van der Waals surface area contributed by atoms with Crippen LogP contribution in [0, 0.1) is 19.7 Å². The van der Waals surface area contributed by atoms with E-state index in [0.717, 1.165) is 18.4 Å². The molecule has 1 aliphatic rings. The highest BCUT2D eigenvalue weighted by atomic mass is 19.1. The number of benzene rings is 1. The van der Waals surface area contributed by atoms with Crippen LogP contribution in [0.1, 0.15) is 42.5 Å². The third kappa shape index (κ3) is 3.35. The molecule has 1 saturated heterocycles. The third-order valence-corrected chi connectivity index (χ3v) is 4.15. The Hall–Kier alpha value is -1.62. The Balaban J connectivity index is 2.07. The lowest BCUT2D eigenvalue weighted by Crippen LogP contribution is -2.44. The van der Waals surface area contributed by atoms with Crippen LogP contribution >= 0.6 is 0 Å². The molecule has 1 aliphatic heterocycles. The van der Waals surface area contributed by atoms with Gasteiger partial charge >= 0.3 is 6.03 Å². The molecule has 0 saturated carbocycles. The molecule has 0 radical (unpaired) electrons. The molecule has 0 aliphatic carbocycles. The smallest absolute Gasteiger partial charge is 0.318 e. The lowest BCUT2D eigenvalue weighted by molar-refractivity contribution is 0.155. The summed E-state index contributed by atoms with van der Waals surface area (Å²) in [7, 11) is 0. The predicted molar refractivity (Wildman–Crippen MR) is 79.6 cm³/mol.